The van der Waals surface area contributed by atoms with Gasteiger partial charge in [0.05, 0.1) is 11.3 Å². The quantitative estimate of drug-likeness (QED) is 0.482. The minimum absolute atomic E-state index is 0.0808. The van der Waals surface area contributed by atoms with Crippen LogP contribution in [-0.4, -0.2) is 45.2 Å². The van der Waals surface area contributed by atoms with Crippen LogP contribution < -0.4 is 20.5 Å². The molecule has 0 saturated carbocycles. The van der Waals surface area contributed by atoms with E-state index in [1.807, 2.05) is 6.92 Å². The number of rotatable bonds is 9. The van der Waals surface area contributed by atoms with Crippen LogP contribution in [0.2, 0.25) is 0 Å². The molecule has 1 aromatic carbocycles. The molecule has 25 heavy (non-hydrogen) atoms. The second kappa shape index (κ2) is 8.50. The summed E-state index contributed by atoms with van der Waals surface area (Å²) in [4.78, 5) is 11.0. The third-order valence-corrected chi connectivity index (χ3v) is 4.96. The highest BCUT2D eigenvalue weighted by molar-refractivity contribution is 7.89. The van der Waals surface area contributed by atoms with Crippen LogP contribution >= 0.6 is 0 Å². The summed E-state index contributed by atoms with van der Waals surface area (Å²) in [6.45, 7) is 3.78. The van der Waals surface area contributed by atoms with Gasteiger partial charge in [-0.3, -0.25) is 0 Å². The van der Waals surface area contributed by atoms with E-state index in [4.69, 9.17) is 9.88 Å². The normalized spacial score (nSPS) is 17.4. The Bertz CT molecular complexity index is 715. The SMILES string of the molecule is CCCCNc1cc(C(=O)O)cc(S(N)(=O)=O)c1OCC1CCCN1. The molecule has 1 aromatic rings. The molecule has 1 atom stereocenters. The van der Waals surface area contributed by atoms with E-state index in [2.05, 4.69) is 10.6 Å². The van der Waals surface area contributed by atoms with Gasteiger partial charge in [-0.05, 0) is 37.9 Å². The molecular weight excluding hydrogens is 346 g/mol. The summed E-state index contributed by atoms with van der Waals surface area (Å²) in [6, 6.07) is 2.56. The van der Waals surface area contributed by atoms with Gasteiger partial charge in [0.25, 0.3) is 0 Å². The number of carboxylic acids is 1. The first-order valence-electron chi connectivity index (χ1n) is 8.37. The van der Waals surface area contributed by atoms with Gasteiger partial charge < -0.3 is 20.5 Å². The van der Waals surface area contributed by atoms with Crippen LogP contribution in [0.3, 0.4) is 0 Å². The summed E-state index contributed by atoms with van der Waals surface area (Å²) in [5, 5.41) is 20.9. The van der Waals surface area contributed by atoms with E-state index in [-0.39, 0.29) is 28.9 Å². The Hall–Kier alpha value is -1.84. The molecule has 8 nitrogen and oxygen atoms in total. The van der Waals surface area contributed by atoms with Crippen molar-refractivity contribution in [1.29, 1.82) is 0 Å². The number of ether oxygens (including phenoxy) is 1. The van der Waals surface area contributed by atoms with E-state index >= 15 is 0 Å². The zero-order chi connectivity index (χ0) is 18.4. The van der Waals surface area contributed by atoms with Gasteiger partial charge in [0.15, 0.2) is 5.75 Å². The van der Waals surface area contributed by atoms with Crippen LogP contribution in [0.25, 0.3) is 0 Å². The molecule has 1 aliphatic rings. The number of nitrogens with two attached hydrogens (primary N) is 1. The number of anilines is 1. The molecule has 1 unspecified atom stereocenters. The van der Waals surface area contributed by atoms with E-state index in [1.165, 1.54) is 6.07 Å². The van der Waals surface area contributed by atoms with E-state index < -0.39 is 16.0 Å². The smallest absolute Gasteiger partial charge is 0.335 e. The lowest BCUT2D eigenvalue weighted by Gasteiger charge is -2.19. The highest BCUT2D eigenvalue weighted by Gasteiger charge is 2.24. The number of nitrogens with one attached hydrogen (secondary N) is 2. The molecule has 1 fully saturated rings. The average molecular weight is 371 g/mol. The third kappa shape index (κ3) is 5.32. The third-order valence-electron chi connectivity index (χ3n) is 4.05. The number of primary sulfonamides is 1. The van der Waals surface area contributed by atoms with Crippen molar-refractivity contribution in [3.8, 4) is 5.75 Å². The Balaban J connectivity index is 2.39. The second-order valence-electron chi connectivity index (χ2n) is 6.09. The maximum absolute atomic E-state index is 12.0. The standard InChI is InChI=1S/C16H25N3O5S/c1-2-3-6-19-13-8-11(16(20)21)9-14(25(17,22)23)15(13)24-10-12-5-4-7-18-12/h8-9,12,18-19H,2-7,10H2,1H3,(H,20,21)(H2,17,22,23). The lowest BCUT2D eigenvalue weighted by atomic mass is 10.1. The molecule has 0 aromatic heterocycles. The van der Waals surface area contributed by atoms with Gasteiger partial charge >= 0.3 is 5.97 Å². The van der Waals surface area contributed by atoms with Crippen molar-refractivity contribution >= 4 is 21.7 Å². The number of hydrogen-bond acceptors (Lipinski definition) is 6. The Labute approximate surface area is 147 Å². The number of carbonyl (C=O) groups is 1. The minimum Gasteiger partial charge on any atom is -0.488 e. The summed E-state index contributed by atoms with van der Waals surface area (Å²) < 4.78 is 29.7. The zero-order valence-corrected chi connectivity index (χ0v) is 15.1. The van der Waals surface area contributed by atoms with Gasteiger partial charge in [-0.15, -0.1) is 0 Å². The molecule has 1 saturated heterocycles. The van der Waals surface area contributed by atoms with Crippen molar-refractivity contribution < 1.29 is 23.1 Å². The maximum atomic E-state index is 12.0. The first kappa shape index (κ1) is 19.5. The number of benzene rings is 1. The van der Waals surface area contributed by atoms with Crippen LogP contribution in [0.1, 0.15) is 43.0 Å². The fourth-order valence-corrected chi connectivity index (χ4v) is 3.42. The molecular formula is C16H25N3O5S. The van der Waals surface area contributed by atoms with Crippen LogP contribution in [0.4, 0.5) is 5.69 Å². The molecule has 2 rings (SSSR count). The minimum atomic E-state index is -4.14. The van der Waals surface area contributed by atoms with Crippen LogP contribution in [-0.2, 0) is 10.0 Å². The number of hydrogen-bond donors (Lipinski definition) is 4. The average Bonchev–Trinajstić information content (AvgIpc) is 3.05. The van der Waals surface area contributed by atoms with E-state index in [1.54, 1.807) is 0 Å². The molecule has 0 radical (unpaired) electrons. The summed E-state index contributed by atoms with van der Waals surface area (Å²) in [7, 11) is -4.14. The highest BCUT2D eigenvalue weighted by Crippen LogP contribution is 2.34. The lowest BCUT2D eigenvalue weighted by Crippen LogP contribution is -2.29. The van der Waals surface area contributed by atoms with Gasteiger partial charge in [0.2, 0.25) is 10.0 Å². The van der Waals surface area contributed by atoms with Crippen LogP contribution in [0.5, 0.6) is 5.75 Å². The highest BCUT2D eigenvalue weighted by atomic mass is 32.2. The van der Waals surface area contributed by atoms with Crippen LogP contribution in [0.15, 0.2) is 17.0 Å². The summed E-state index contributed by atoms with van der Waals surface area (Å²) in [5.41, 5.74) is 0.171. The molecule has 140 valence electrons. The predicted octanol–water partition coefficient (Wildman–Crippen LogP) is 1.38. The largest absolute Gasteiger partial charge is 0.488 e. The molecule has 1 aliphatic heterocycles. The van der Waals surface area contributed by atoms with Crippen molar-refractivity contribution in [3.05, 3.63) is 17.7 Å². The van der Waals surface area contributed by atoms with E-state index in [0.717, 1.165) is 38.3 Å². The molecule has 0 spiro atoms. The molecule has 5 N–H and O–H groups in total. The molecule has 0 bridgehead atoms. The molecule has 1 heterocycles. The topological polar surface area (TPSA) is 131 Å². The zero-order valence-electron chi connectivity index (χ0n) is 14.2. The van der Waals surface area contributed by atoms with E-state index in [9.17, 15) is 18.3 Å². The van der Waals surface area contributed by atoms with Crippen molar-refractivity contribution in [2.45, 2.75) is 43.5 Å². The predicted molar refractivity (Wildman–Crippen MR) is 94.7 cm³/mol. The van der Waals surface area contributed by atoms with Crippen molar-refractivity contribution in [1.82, 2.24) is 5.32 Å². The number of unbranched alkanes of at least 4 members (excludes halogenated alkanes) is 1. The van der Waals surface area contributed by atoms with Crippen LogP contribution in [0, 0.1) is 0 Å². The Morgan fingerprint density at radius 2 is 2.24 bits per heavy atom. The summed E-state index contributed by atoms with van der Waals surface area (Å²) >= 11 is 0. The van der Waals surface area contributed by atoms with Gasteiger partial charge in [0, 0.05) is 12.6 Å². The first-order valence-corrected chi connectivity index (χ1v) is 9.91. The van der Waals surface area contributed by atoms with Gasteiger partial charge in [0.1, 0.15) is 11.5 Å². The maximum Gasteiger partial charge on any atom is 0.335 e. The Morgan fingerprint density at radius 3 is 2.80 bits per heavy atom. The monoisotopic (exact) mass is 371 g/mol. The van der Waals surface area contributed by atoms with E-state index in [0.29, 0.717) is 12.2 Å². The van der Waals surface area contributed by atoms with Gasteiger partial charge in [-0.25, -0.2) is 18.4 Å². The lowest BCUT2D eigenvalue weighted by molar-refractivity contribution is 0.0696. The van der Waals surface area contributed by atoms with Gasteiger partial charge in [-0.2, -0.15) is 0 Å². The van der Waals surface area contributed by atoms with Crippen molar-refractivity contribution in [2.24, 2.45) is 5.14 Å². The molecule has 0 amide bonds. The first-order chi connectivity index (χ1) is 11.8. The Morgan fingerprint density at radius 1 is 1.48 bits per heavy atom. The molecule has 0 aliphatic carbocycles. The number of sulfonamides is 1. The van der Waals surface area contributed by atoms with Crippen molar-refractivity contribution in [2.75, 3.05) is 25.0 Å². The fourth-order valence-electron chi connectivity index (χ4n) is 2.70. The fraction of sp³-hybridized carbons (Fsp3) is 0.562. The number of carboxylic acid groups (broad SMARTS) is 1. The van der Waals surface area contributed by atoms with Gasteiger partial charge in [-0.1, -0.05) is 13.3 Å². The second-order valence-corrected chi connectivity index (χ2v) is 7.62. The summed E-state index contributed by atoms with van der Waals surface area (Å²) in [6.07, 6.45) is 3.77. The molecule has 9 heteroatoms. The van der Waals surface area contributed by atoms with Crippen molar-refractivity contribution in [3.63, 3.8) is 0 Å². The number of aromatic carboxylic acids is 1. The summed E-state index contributed by atoms with van der Waals surface area (Å²) in [5.74, 6) is -1.15. The Kier molecular flexibility index (Phi) is 6.63.